The van der Waals surface area contributed by atoms with Crippen molar-refractivity contribution in [2.24, 2.45) is 0 Å². The van der Waals surface area contributed by atoms with Crippen molar-refractivity contribution >= 4 is 21.6 Å². The molecule has 9 heteroatoms. The van der Waals surface area contributed by atoms with Crippen molar-refractivity contribution in [2.75, 3.05) is 32.2 Å². The molecule has 0 heterocycles. The van der Waals surface area contributed by atoms with Crippen LogP contribution in [0.2, 0.25) is 0 Å². The predicted molar refractivity (Wildman–Crippen MR) is 135 cm³/mol. The van der Waals surface area contributed by atoms with Gasteiger partial charge in [0, 0.05) is 11.6 Å². The molecule has 0 aliphatic rings. The van der Waals surface area contributed by atoms with Gasteiger partial charge in [-0.25, -0.2) is 8.42 Å². The van der Waals surface area contributed by atoms with Gasteiger partial charge in [-0.3, -0.25) is 9.10 Å². The van der Waals surface area contributed by atoms with Crippen LogP contribution in [0, 0.1) is 6.92 Å². The molecular formula is C26H30N2O6S. The minimum absolute atomic E-state index is 0.0542. The summed E-state index contributed by atoms with van der Waals surface area (Å²) < 4.78 is 44.6. The van der Waals surface area contributed by atoms with Crippen molar-refractivity contribution in [1.82, 2.24) is 5.32 Å². The molecule has 1 amide bonds. The second-order valence-corrected chi connectivity index (χ2v) is 9.76. The van der Waals surface area contributed by atoms with Crippen LogP contribution in [0.15, 0.2) is 71.6 Å². The number of carbonyl (C=O) groups excluding carboxylic acids is 1. The Morgan fingerprint density at radius 3 is 2.20 bits per heavy atom. The number of amides is 1. The summed E-state index contributed by atoms with van der Waals surface area (Å²) in [7, 11) is 0.344. The van der Waals surface area contributed by atoms with E-state index in [0.717, 1.165) is 15.4 Å². The summed E-state index contributed by atoms with van der Waals surface area (Å²) in [6, 6.07) is 18.1. The number of hydrogen-bond donors (Lipinski definition) is 1. The smallest absolute Gasteiger partial charge is 0.264 e. The molecule has 0 unspecified atom stereocenters. The summed E-state index contributed by atoms with van der Waals surface area (Å²) in [5.41, 5.74) is 1.88. The van der Waals surface area contributed by atoms with Crippen molar-refractivity contribution in [2.45, 2.75) is 24.8 Å². The van der Waals surface area contributed by atoms with Crippen LogP contribution in [-0.2, 0) is 14.8 Å². The zero-order valence-electron chi connectivity index (χ0n) is 20.4. The lowest BCUT2D eigenvalue weighted by atomic mass is 10.1. The highest BCUT2D eigenvalue weighted by atomic mass is 32.2. The average Bonchev–Trinajstić information content (AvgIpc) is 2.86. The number of nitrogens with one attached hydrogen (secondary N) is 1. The monoisotopic (exact) mass is 498 g/mol. The molecule has 186 valence electrons. The summed E-state index contributed by atoms with van der Waals surface area (Å²) >= 11 is 0. The number of anilines is 1. The topological polar surface area (TPSA) is 94.2 Å². The standard InChI is InChI=1S/C26H30N2O6S/c1-18-10-13-21(14-11-18)35(30,31)28(23-16-20(32-3)12-15-25(23)34-5)17-26(29)27-19(2)22-8-6-7-9-24(22)33-4/h6-16,19H,17H2,1-5H3,(H,27,29)/t19-/m1/s1. The maximum absolute atomic E-state index is 13.7. The molecule has 0 spiro atoms. The number of hydrogen-bond acceptors (Lipinski definition) is 6. The van der Waals surface area contributed by atoms with Gasteiger partial charge < -0.3 is 19.5 Å². The van der Waals surface area contributed by atoms with Crippen LogP contribution in [0.5, 0.6) is 17.2 Å². The van der Waals surface area contributed by atoms with Crippen LogP contribution in [-0.4, -0.2) is 42.2 Å². The van der Waals surface area contributed by atoms with E-state index in [4.69, 9.17) is 14.2 Å². The number of methoxy groups -OCH3 is 3. The molecule has 0 bridgehead atoms. The minimum Gasteiger partial charge on any atom is -0.497 e. The number of aryl methyl sites for hydroxylation is 1. The van der Waals surface area contributed by atoms with Gasteiger partial charge in [-0.1, -0.05) is 35.9 Å². The van der Waals surface area contributed by atoms with E-state index in [-0.39, 0.29) is 16.3 Å². The summed E-state index contributed by atoms with van der Waals surface area (Å²) in [5.74, 6) is 0.836. The fraction of sp³-hybridized carbons (Fsp3) is 0.269. The first-order valence-corrected chi connectivity index (χ1v) is 12.4. The fourth-order valence-corrected chi connectivity index (χ4v) is 5.07. The lowest BCUT2D eigenvalue weighted by Crippen LogP contribution is -2.41. The Balaban J connectivity index is 2.00. The van der Waals surface area contributed by atoms with Crippen LogP contribution in [0.4, 0.5) is 5.69 Å². The van der Waals surface area contributed by atoms with Gasteiger partial charge in [0.2, 0.25) is 5.91 Å². The molecule has 0 saturated heterocycles. The van der Waals surface area contributed by atoms with Crippen LogP contribution < -0.4 is 23.8 Å². The van der Waals surface area contributed by atoms with E-state index in [1.54, 1.807) is 44.4 Å². The van der Waals surface area contributed by atoms with Gasteiger partial charge in [0.05, 0.1) is 38.0 Å². The molecule has 0 fully saturated rings. The Morgan fingerprint density at radius 1 is 0.914 bits per heavy atom. The van der Waals surface area contributed by atoms with Crippen LogP contribution in [0.25, 0.3) is 0 Å². The molecule has 0 saturated carbocycles. The van der Waals surface area contributed by atoms with E-state index in [2.05, 4.69) is 5.32 Å². The number of ether oxygens (including phenoxy) is 3. The van der Waals surface area contributed by atoms with E-state index >= 15 is 0 Å². The number of benzene rings is 3. The van der Waals surface area contributed by atoms with E-state index in [0.29, 0.717) is 11.5 Å². The highest BCUT2D eigenvalue weighted by Crippen LogP contribution is 2.36. The molecule has 3 aromatic rings. The first-order valence-electron chi connectivity index (χ1n) is 10.9. The second kappa shape index (κ2) is 11.1. The second-order valence-electron chi connectivity index (χ2n) is 7.89. The Hall–Kier alpha value is -3.72. The molecule has 0 aromatic heterocycles. The molecule has 0 aliphatic heterocycles. The van der Waals surface area contributed by atoms with E-state index in [1.165, 1.54) is 32.4 Å². The number of sulfonamides is 1. The van der Waals surface area contributed by atoms with Gasteiger partial charge in [0.1, 0.15) is 23.8 Å². The first-order chi connectivity index (χ1) is 16.7. The van der Waals surface area contributed by atoms with Crippen LogP contribution in [0.3, 0.4) is 0 Å². The maximum Gasteiger partial charge on any atom is 0.264 e. The third kappa shape index (κ3) is 5.86. The van der Waals surface area contributed by atoms with Crippen molar-refractivity contribution in [1.29, 1.82) is 0 Å². The SMILES string of the molecule is COc1ccc(OC)c(N(CC(=O)N[C@H](C)c2ccccc2OC)S(=O)(=O)c2ccc(C)cc2)c1. The lowest BCUT2D eigenvalue weighted by Gasteiger charge is -2.27. The Morgan fingerprint density at radius 2 is 1.57 bits per heavy atom. The summed E-state index contributed by atoms with van der Waals surface area (Å²) in [6.45, 7) is 3.20. The molecule has 8 nitrogen and oxygen atoms in total. The molecule has 0 radical (unpaired) electrons. The largest absolute Gasteiger partial charge is 0.497 e. The van der Waals surface area contributed by atoms with Crippen molar-refractivity contribution in [3.05, 3.63) is 77.9 Å². The number of para-hydroxylation sites is 1. The summed E-state index contributed by atoms with van der Waals surface area (Å²) in [5, 5.41) is 2.87. The average molecular weight is 499 g/mol. The Kier molecular flexibility index (Phi) is 8.24. The molecule has 3 aromatic carbocycles. The molecule has 0 aliphatic carbocycles. The predicted octanol–water partition coefficient (Wildman–Crippen LogP) is 4.09. The fourth-order valence-electron chi connectivity index (χ4n) is 3.65. The van der Waals surface area contributed by atoms with Gasteiger partial charge in [-0.15, -0.1) is 0 Å². The number of rotatable bonds is 10. The maximum atomic E-state index is 13.7. The molecule has 35 heavy (non-hydrogen) atoms. The molecule has 1 atom stereocenters. The lowest BCUT2D eigenvalue weighted by molar-refractivity contribution is -0.120. The zero-order chi connectivity index (χ0) is 25.6. The Labute approximate surface area is 206 Å². The zero-order valence-corrected chi connectivity index (χ0v) is 21.3. The van der Waals surface area contributed by atoms with Crippen molar-refractivity contribution < 1.29 is 27.4 Å². The normalized spacial score (nSPS) is 11.9. The molecule has 3 rings (SSSR count). The van der Waals surface area contributed by atoms with Crippen LogP contribution >= 0.6 is 0 Å². The van der Waals surface area contributed by atoms with Crippen LogP contribution in [0.1, 0.15) is 24.1 Å². The quantitative estimate of drug-likeness (QED) is 0.452. The van der Waals surface area contributed by atoms with E-state index in [1.807, 2.05) is 25.1 Å². The number of carbonyl (C=O) groups is 1. The summed E-state index contributed by atoms with van der Waals surface area (Å²) in [6.07, 6.45) is 0. The number of nitrogens with zero attached hydrogens (tertiary/aromatic N) is 1. The minimum atomic E-state index is -4.12. The third-order valence-electron chi connectivity index (χ3n) is 5.53. The van der Waals surface area contributed by atoms with E-state index < -0.39 is 28.5 Å². The van der Waals surface area contributed by atoms with Gasteiger partial charge in [0.25, 0.3) is 10.0 Å². The van der Waals surface area contributed by atoms with E-state index in [9.17, 15) is 13.2 Å². The third-order valence-corrected chi connectivity index (χ3v) is 7.31. The van der Waals surface area contributed by atoms with Crippen molar-refractivity contribution in [3.63, 3.8) is 0 Å². The van der Waals surface area contributed by atoms with Crippen molar-refractivity contribution in [3.8, 4) is 17.2 Å². The molecular weight excluding hydrogens is 468 g/mol. The molecule has 1 N–H and O–H groups in total. The van der Waals surface area contributed by atoms with Gasteiger partial charge in [-0.2, -0.15) is 0 Å². The first kappa shape index (κ1) is 25.9. The Bertz CT molecular complexity index is 1280. The van der Waals surface area contributed by atoms with Gasteiger partial charge in [-0.05, 0) is 44.2 Å². The highest BCUT2D eigenvalue weighted by molar-refractivity contribution is 7.92. The highest BCUT2D eigenvalue weighted by Gasteiger charge is 2.30. The summed E-state index contributed by atoms with van der Waals surface area (Å²) in [4.78, 5) is 13.2. The van der Waals surface area contributed by atoms with Gasteiger partial charge in [0.15, 0.2) is 0 Å². The van der Waals surface area contributed by atoms with Gasteiger partial charge >= 0.3 is 0 Å².